The molecule has 2 aliphatic rings. The third-order valence-electron chi connectivity index (χ3n) is 3.95. The van der Waals surface area contributed by atoms with Crippen LogP contribution in [-0.4, -0.2) is 18.5 Å². The van der Waals surface area contributed by atoms with E-state index in [9.17, 15) is 18.0 Å². The highest BCUT2D eigenvalue weighted by Crippen LogP contribution is 2.41. The van der Waals surface area contributed by atoms with E-state index in [1.807, 2.05) is 0 Å². The van der Waals surface area contributed by atoms with Gasteiger partial charge in [0, 0.05) is 11.5 Å². The summed E-state index contributed by atoms with van der Waals surface area (Å²) < 4.78 is 49.6. The second-order valence-corrected chi connectivity index (χ2v) is 5.89. The zero-order valence-corrected chi connectivity index (χ0v) is 13.0. The molecule has 0 amide bonds. The van der Waals surface area contributed by atoms with Crippen molar-refractivity contribution < 1.29 is 27.4 Å². The van der Waals surface area contributed by atoms with Crippen molar-refractivity contribution in [3.8, 4) is 0 Å². The highest BCUT2D eigenvalue weighted by atomic mass is 35.5. The molecule has 8 heteroatoms. The summed E-state index contributed by atoms with van der Waals surface area (Å²) >= 11 is 5.88. The number of benzene rings is 1. The lowest BCUT2D eigenvalue weighted by Gasteiger charge is -2.23. The van der Waals surface area contributed by atoms with Gasteiger partial charge in [-0.2, -0.15) is 13.2 Å². The number of alkyl halides is 3. The molecule has 24 heavy (non-hydrogen) atoms. The van der Waals surface area contributed by atoms with Gasteiger partial charge in [0.15, 0.2) is 12.0 Å². The molecular formula is C16H13ClF3NO3. The molecule has 2 unspecified atom stereocenters. The second kappa shape index (κ2) is 6.05. The number of rotatable bonds is 2. The maximum atomic E-state index is 13.0. The summed E-state index contributed by atoms with van der Waals surface area (Å²) in [5.74, 6) is -0.971. The number of hydrogen-bond donors (Lipinski definition) is 1. The Bertz CT molecular complexity index is 743. The van der Waals surface area contributed by atoms with E-state index in [1.165, 1.54) is 18.4 Å². The van der Waals surface area contributed by atoms with Crippen LogP contribution in [0.3, 0.4) is 0 Å². The first kappa shape index (κ1) is 16.7. The zero-order chi connectivity index (χ0) is 17.5. The molecule has 2 atom stereocenters. The fourth-order valence-electron chi connectivity index (χ4n) is 2.79. The number of ketones is 1. The number of ether oxygens (including phenoxy) is 2. The van der Waals surface area contributed by atoms with Crippen LogP contribution in [0.4, 0.5) is 13.2 Å². The Labute approximate surface area is 140 Å². The third-order valence-corrected chi connectivity index (χ3v) is 4.36. The normalized spacial score (nSPS) is 24.1. The topological polar surface area (TPSA) is 61.6 Å². The summed E-state index contributed by atoms with van der Waals surface area (Å²) in [5.41, 5.74) is 4.54. The standard InChI is InChI=1S/C16H13ClF3NO3/c17-12-9(4-1-5-10(12)16(18,19)20)11-13(22)14(24-15(11)21)8-3-2-6-23-7-8/h1-2,4-6,8,14H,3,7,21H2. The van der Waals surface area contributed by atoms with E-state index in [2.05, 4.69) is 0 Å². The highest BCUT2D eigenvalue weighted by molar-refractivity contribution is 6.36. The van der Waals surface area contributed by atoms with Gasteiger partial charge >= 0.3 is 6.18 Å². The van der Waals surface area contributed by atoms with Crippen molar-refractivity contribution in [2.45, 2.75) is 18.7 Å². The Kier molecular flexibility index (Phi) is 4.21. The summed E-state index contributed by atoms with van der Waals surface area (Å²) in [7, 11) is 0. The molecule has 128 valence electrons. The summed E-state index contributed by atoms with van der Waals surface area (Å²) in [6.07, 6.45) is -1.71. The van der Waals surface area contributed by atoms with Gasteiger partial charge in [0.2, 0.25) is 5.78 Å². The van der Waals surface area contributed by atoms with Crippen LogP contribution in [0, 0.1) is 5.92 Å². The van der Waals surface area contributed by atoms with E-state index in [-0.39, 0.29) is 29.5 Å². The SMILES string of the molecule is NC1=C(c2cccc(C(F)(F)F)c2Cl)C(=O)C(C2CC=COC2)O1. The van der Waals surface area contributed by atoms with Crippen molar-refractivity contribution in [1.29, 1.82) is 0 Å². The quantitative estimate of drug-likeness (QED) is 0.878. The van der Waals surface area contributed by atoms with Gasteiger partial charge in [0.05, 0.1) is 29.0 Å². The molecule has 2 aliphatic heterocycles. The number of hydrogen-bond acceptors (Lipinski definition) is 4. The molecule has 0 aromatic heterocycles. The Morgan fingerprint density at radius 2 is 2.04 bits per heavy atom. The Morgan fingerprint density at radius 1 is 1.29 bits per heavy atom. The van der Waals surface area contributed by atoms with Crippen LogP contribution in [0.25, 0.3) is 5.57 Å². The van der Waals surface area contributed by atoms with Gasteiger partial charge in [0.25, 0.3) is 0 Å². The smallest absolute Gasteiger partial charge is 0.417 e. The van der Waals surface area contributed by atoms with Crippen molar-refractivity contribution in [2.24, 2.45) is 11.7 Å². The lowest BCUT2D eigenvalue weighted by Crippen LogP contribution is -2.32. The average molecular weight is 360 g/mol. The van der Waals surface area contributed by atoms with E-state index in [0.717, 1.165) is 6.07 Å². The lowest BCUT2D eigenvalue weighted by molar-refractivity contribution is -0.137. The van der Waals surface area contributed by atoms with Crippen LogP contribution in [0.5, 0.6) is 0 Å². The van der Waals surface area contributed by atoms with Crippen molar-refractivity contribution in [3.05, 3.63) is 52.6 Å². The fraction of sp³-hybridized carbons (Fsp3) is 0.312. The first-order valence-electron chi connectivity index (χ1n) is 7.14. The van der Waals surface area contributed by atoms with E-state index < -0.39 is 28.6 Å². The molecule has 2 heterocycles. The van der Waals surface area contributed by atoms with Gasteiger partial charge in [0.1, 0.15) is 0 Å². The molecule has 0 saturated heterocycles. The predicted octanol–water partition coefficient (Wildman–Crippen LogP) is 3.50. The number of allylic oxidation sites excluding steroid dienone is 1. The number of nitrogens with two attached hydrogens (primary N) is 1. The molecular weight excluding hydrogens is 347 g/mol. The minimum Gasteiger partial charge on any atom is -0.501 e. The van der Waals surface area contributed by atoms with E-state index in [0.29, 0.717) is 6.42 Å². The van der Waals surface area contributed by atoms with E-state index in [4.69, 9.17) is 26.8 Å². The third kappa shape index (κ3) is 2.84. The monoisotopic (exact) mass is 359 g/mol. The molecule has 0 spiro atoms. The van der Waals surface area contributed by atoms with Gasteiger partial charge in [-0.3, -0.25) is 4.79 Å². The summed E-state index contributed by atoms with van der Waals surface area (Å²) in [6, 6.07) is 3.35. The molecule has 0 radical (unpaired) electrons. The van der Waals surface area contributed by atoms with Crippen molar-refractivity contribution >= 4 is 23.0 Å². The minimum absolute atomic E-state index is 0.0799. The summed E-state index contributed by atoms with van der Waals surface area (Å²) in [6.45, 7) is 0.268. The Balaban J connectivity index is 1.97. The predicted molar refractivity (Wildman–Crippen MR) is 80.6 cm³/mol. The van der Waals surface area contributed by atoms with Gasteiger partial charge in [-0.25, -0.2) is 0 Å². The molecule has 1 aromatic rings. The summed E-state index contributed by atoms with van der Waals surface area (Å²) in [5, 5.41) is -0.569. The van der Waals surface area contributed by atoms with Crippen LogP contribution in [0.1, 0.15) is 17.5 Å². The van der Waals surface area contributed by atoms with Crippen LogP contribution < -0.4 is 5.73 Å². The number of Topliss-reactive ketones (excluding diaryl/α,β-unsaturated/α-hetero) is 1. The molecule has 4 nitrogen and oxygen atoms in total. The zero-order valence-electron chi connectivity index (χ0n) is 12.3. The van der Waals surface area contributed by atoms with Crippen LogP contribution in [0.15, 0.2) is 36.4 Å². The largest absolute Gasteiger partial charge is 0.501 e. The van der Waals surface area contributed by atoms with Crippen LogP contribution in [-0.2, 0) is 20.4 Å². The molecule has 2 N–H and O–H groups in total. The highest BCUT2D eigenvalue weighted by Gasteiger charge is 2.42. The lowest BCUT2D eigenvalue weighted by atomic mass is 9.90. The number of carbonyl (C=O) groups is 1. The molecule has 0 saturated carbocycles. The van der Waals surface area contributed by atoms with Crippen LogP contribution in [0.2, 0.25) is 5.02 Å². The van der Waals surface area contributed by atoms with E-state index >= 15 is 0 Å². The molecule has 0 fully saturated rings. The van der Waals surface area contributed by atoms with Crippen molar-refractivity contribution in [3.63, 3.8) is 0 Å². The maximum absolute atomic E-state index is 13.0. The Morgan fingerprint density at radius 3 is 2.67 bits per heavy atom. The van der Waals surface area contributed by atoms with Crippen molar-refractivity contribution in [1.82, 2.24) is 0 Å². The molecule has 1 aromatic carbocycles. The fourth-order valence-corrected chi connectivity index (χ4v) is 3.12. The maximum Gasteiger partial charge on any atom is 0.417 e. The minimum atomic E-state index is -4.63. The van der Waals surface area contributed by atoms with Crippen LogP contribution >= 0.6 is 11.6 Å². The van der Waals surface area contributed by atoms with Crippen molar-refractivity contribution in [2.75, 3.05) is 6.61 Å². The summed E-state index contributed by atoms with van der Waals surface area (Å²) in [4.78, 5) is 12.6. The molecule has 0 bridgehead atoms. The molecule has 0 aliphatic carbocycles. The first-order chi connectivity index (χ1) is 11.3. The van der Waals surface area contributed by atoms with E-state index in [1.54, 1.807) is 6.08 Å². The Hall–Kier alpha value is -2.15. The average Bonchev–Trinajstić information content (AvgIpc) is 2.82. The van der Waals surface area contributed by atoms with Gasteiger partial charge in [-0.1, -0.05) is 23.7 Å². The number of halogens is 4. The molecule has 3 rings (SSSR count). The number of carbonyl (C=O) groups excluding carboxylic acids is 1. The second-order valence-electron chi connectivity index (χ2n) is 5.51. The van der Waals surface area contributed by atoms with Gasteiger partial charge in [-0.05, 0) is 18.6 Å². The first-order valence-corrected chi connectivity index (χ1v) is 7.52. The van der Waals surface area contributed by atoms with Gasteiger partial charge < -0.3 is 15.2 Å². The van der Waals surface area contributed by atoms with Gasteiger partial charge in [-0.15, -0.1) is 0 Å².